The van der Waals surface area contributed by atoms with Gasteiger partial charge in [-0.3, -0.25) is 4.79 Å². The standard InChI is InChI=1S/C20H35N3O4/c1-4-27-19(25)22-10-7-20(14-22)11-18(12-20)21-8-5-17(6-9-21)23(15-24)16(2)13-26-3/h15-18H,4-14H2,1-3H3. The second-order valence-electron chi connectivity index (χ2n) is 8.56. The zero-order chi connectivity index (χ0) is 19.4. The summed E-state index contributed by atoms with van der Waals surface area (Å²) in [5, 5.41) is 0. The molecule has 0 aromatic heterocycles. The van der Waals surface area contributed by atoms with Gasteiger partial charge in [0.2, 0.25) is 6.41 Å². The van der Waals surface area contributed by atoms with Crippen molar-refractivity contribution in [3.05, 3.63) is 0 Å². The molecule has 3 rings (SSSR count). The number of methoxy groups -OCH3 is 1. The number of amides is 2. The maximum Gasteiger partial charge on any atom is 0.409 e. The van der Waals surface area contributed by atoms with E-state index in [2.05, 4.69) is 11.8 Å². The lowest BCUT2D eigenvalue weighted by Crippen LogP contribution is -2.56. The normalized spacial score (nSPS) is 30.2. The van der Waals surface area contributed by atoms with Crippen LogP contribution in [0, 0.1) is 5.41 Å². The molecule has 3 fully saturated rings. The molecule has 154 valence electrons. The zero-order valence-corrected chi connectivity index (χ0v) is 17.1. The Kier molecular flexibility index (Phi) is 6.63. The highest BCUT2D eigenvalue weighted by Gasteiger charge is 2.51. The Morgan fingerprint density at radius 3 is 2.59 bits per heavy atom. The summed E-state index contributed by atoms with van der Waals surface area (Å²) in [6, 6.07) is 1.08. The second-order valence-corrected chi connectivity index (χ2v) is 8.56. The average Bonchev–Trinajstić information content (AvgIpc) is 3.08. The van der Waals surface area contributed by atoms with E-state index in [1.54, 1.807) is 7.11 Å². The molecule has 1 saturated carbocycles. The fourth-order valence-electron chi connectivity index (χ4n) is 5.26. The van der Waals surface area contributed by atoms with Crippen molar-refractivity contribution in [2.75, 3.05) is 46.5 Å². The van der Waals surface area contributed by atoms with Gasteiger partial charge in [0.15, 0.2) is 0 Å². The minimum absolute atomic E-state index is 0.128. The van der Waals surface area contributed by atoms with Crippen LogP contribution in [0.15, 0.2) is 0 Å². The van der Waals surface area contributed by atoms with E-state index < -0.39 is 0 Å². The largest absolute Gasteiger partial charge is 0.450 e. The second kappa shape index (κ2) is 8.78. The van der Waals surface area contributed by atoms with E-state index in [4.69, 9.17) is 9.47 Å². The van der Waals surface area contributed by atoms with Crippen LogP contribution in [0.1, 0.15) is 46.0 Å². The average molecular weight is 382 g/mol. The third kappa shape index (κ3) is 4.40. The highest BCUT2D eigenvalue weighted by atomic mass is 16.6. The fourth-order valence-corrected chi connectivity index (χ4v) is 5.26. The Labute approximate surface area is 162 Å². The van der Waals surface area contributed by atoms with Crippen molar-refractivity contribution < 1.29 is 19.1 Å². The van der Waals surface area contributed by atoms with Crippen molar-refractivity contribution in [2.45, 2.75) is 64.1 Å². The van der Waals surface area contributed by atoms with Gasteiger partial charge < -0.3 is 24.2 Å². The first-order valence-corrected chi connectivity index (χ1v) is 10.4. The summed E-state index contributed by atoms with van der Waals surface area (Å²) in [6.45, 7) is 8.73. The summed E-state index contributed by atoms with van der Waals surface area (Å²) in [6.07, 6.45) is 6.38. The van der Waals surface area contributed by atoms with Crippen LogP contribution >= 0.6 is 0 Å². The molecule has 0 radical (unpaired) electrons. The number of hydrogen-bond donors (Lipinski definition) is 0. The minimum Gasteiger partial charge on any atom is -0.450 e. The van der Waals surface area contributed by atoms with Gasteiger partial charge in [0.05, 0.1) is 19.3 Å². The van der Waals surface area contributed by atoms with Crippen molar-refractivity contribution in [1.29, 1.82) is 0 Å². The summed E-state index contributed by atoms with van der Waals surface area (Å²) in [4.78, 5) is 29.9. The molecule has 1 atom stereocenters. The number of likely N-dealkylation sites (tertiary alicyclic amines) is 2. The summed E-state index contributed by atoms with van der Waals surface area (Å²) in [5.74, 6) is 0. The van der Waals surface area contributed by atoms with Crippen LogP contribution in [0.5, 0.6) is 0 Å². The molecule has 27 heavy (non-hydrogen) atoms. The van der Waals surface area contributed by atoms with E-state index in [-0.39, 0.29) is 12.1 Å². The maximum absolute atomic E-state index is 11.9. The van der Waals surface area contributed by atoms with Crippen LogP contribution in [-0.4, -0.2) is 91.8 Å². The lowest BCUT2D eigenvalue weighted by Gasteiger charge is -2.52. The monoisotopic (exact) mass is 381 g/mol. The number of nitrogens with zero attached hydrogens (tertiary/aromatic N) is 3. The molecule has 0 N–H and O–H groups in total. The molecule has 2 saturated heterocycles. The van der Waals surface area contributed by atoms with E-state index in [1.165, 1.54) is 12.8 Å². The molecule has 0 aromatic rings. The molecule has 2 aliphatic heterocycles. The number of carbonyl (C=O) groups excluding carboxylic acids is 2. The quantitative estimate of drug-likeness (QED) is 0.631. The molecule has 0 aromatic carbocycles. The topological polar surface area (TPSA) is 62.3 Å². The number of rotatable bonds is 7. The molecular weight excluding hydrogens is 346 g/mol. The van der Waals surface area contributed by atoms with Gasteiger partial charge in [0.25, 0.3) is 0 Å². The first-order valence-electron chi connectivity index (χ1n) is 10.4. The lowest BCUT2D eigenvalue weighted by atomic mass is 9.64. The van der Waals surface area contributed by atoms with Crippen molar-refractivity contribution in [3.63, 3.8) is 0 Å². The Balaban J connectivity index is 1.43. The number of carbonyl (C=O) groups is 2. The Hall–Kier alpha value is -1.34. The third-order valence-corrected chi connectivity index (χ3v) is 6.78. The third-order valence-electron chi connectivity index (χ3n) is 6.78. The highest BCUT2D eigenvalue weighted by molar-refractivity contribution is 5.68. The van der Waals surface area contributed by atoms with Crippen molar-refractivity contribution in [3.8, 4) is 0 Å². The Bertz CT molecular complexity index is 515. The van der Waals surface area contributed by atoms with Gasteiger partial charge >= 0.3 is 6.09 Å². The lowest BCUT2D eigenvalue weighted by molar-refractivity contribution is -0.125. The predicted molar refractivity (Wildman–Crippen MR) is 103 cm³/mol. The van der Waals surface area contributed by atoms with Gasteiger partial charge in [-0.25, -0.2) is 4.79 Å². The predicted octanol–water partition coefficient (Wildman–Crippen LogP) is 1.96. The van der Waals surface area contributed by atoms with Gasteiger partial charge in [0, 0.05) is 45.4 Å². The van der Waals surface area contributed by atoms with Crippen molar-refractivity contribution in [2.24, 2.45) is 5.41 Å². The molecule has 3 aliphatic rings. The molecule has 7 heteroatoms. The summed E-state index contributed by atoms with van der Waals surface area (Å²) in [7, 11) is 1.68. The first kappa shape index (κ1) is 20.4. The van der Waals surface area contributed by atoms with Gasteiger partial charge in [-0.15, -0.1) is 0 Å². The molecule has 1 unspecified atom stereocenters. The fraction of sp³-hybridized carbons (Fsp3) is 0.900. The number of piperidine rings is 1. The molecule has 1 aliphatic carbocycles. The molecular formula is C20H35N3O4. The summed E-state index contributed by atoms with van der Waals surface area (Å²) in [5.41, 5.74) is 0.316. The number of ether oxygens (including phenoxy) is 2. The molecule has 1 spiro atoms. The molecule has 0 bridgehead atoms. The van der Waals surface area contributed by atoms with Gasteiger partial charge in [-0.1, -0.05) is 0 Å². The summed E-state index contributed by atoms with van der Waals surface area (Å²) < 4.78 is 10.4. The van der Waals surface area contributed by atoms with Crippen LogP contribution in [0.2, 0.25) is 0 Å². The van der Waals surface area contributed by atoms with E-state index in [1.807, 2.05) is 16.7 Å². The van der Waals surface area contributed by atoms with Crippen molar-refractivity contribution >= 4 is 12.5 Å². The maximum atomic E-state index is 11.9. The Morgan fingerprint density at radius 2 is 2.00 bits per heavy atom. The van der Waals surface area contributed by atoms with Crippen LogP contribution in [0.3, 0.4) is 0 Å². The highest BCUT2D eigenvalue weighted by Crippen LogP contribution is 2.50. The van der Waals surface area contributed by atoms with Crippen LogP contribution in [-0.2, 0) is 14.3 Å². The molecule has 2 amide bonds. The Morgan fingerprint density at radius 1 is 1.30 bits per heavy atom. The van der Waals surface area contributed by atoms with Gasteiger partial charge in [-0.2, -0.15) is 0 Å². The number of hydrogen-bond acceptors (Lipinski definition) is 5. The van der Waals surface area contributed by atoms with Crippen molar-refractivity contribution in [1.82, 2.24) is 14.7 Å². The SMILES string of the molecule is CCOC(=O)N1CCC2(CC(N3CCC(N(C=O)C(C)COC)CC3)C2)C1. The summed E-state index contributed by atoms with van der Waals surface area (Å²) >= 11 is 0. The smallest absolute Gasteiger partial charge is 0.409 e. The van der Waals surface area contributed by atoms with E-state index in [9.17, 15) is 9.59 Å². The minimum atomic E-state index is -0.155. The molecule has 7 nitrogen and oxygen atoms in total. The van der Waals surface area contributed by atoms with Crippen LogP contribution in [0.25, 0.3) is 0 Å². The van der Waals surface area contributed by atoms with E-state index in [0.29, 0.717) is 30.7 Å². The van der Waals surface area contributed by atoms with E-state index >= 15 is 0 Å². The van der Waals surface area contributed by atoms with Crippen LogP contribution < -0.4 is 0 Å². The van der Waals surface area contributed by atoms with E-state index in [0.717, 1.165) is 51.9 Å². The molecule has 2 heterocycles. The van der Waals surface area contributed by atoms with Gasteiger partial charge in [0.1, 0.15) is 0 Å². The first-order chi connectivity index (χ1) is 13.0. The zero-order valence-electron chi connectivity index (χ0n) is 17.1. The van der Waals surface area contributed by atoms with Gasteiger partial charge in [-0.05, 0) is 51.4 Å². The van der Waals surface area contributed by atoms with Crippen LogP contribution in [0.4, 0.5) is 4.79 Å².